The van der Waals surface area contributed by atoms with Crippen LogP contribution in [0.15, 0.2) is 91.5 Å². The van der Waals surface area contributed by atoms with E-state index >= 15 is 0 Å². The van der Waals surface area contributed by atoms with Gasteiger partial charge in [0, 0.05) is 0 Å². The van der Waals surface area contributed by atoms with Crippen LogP contribution in [0.2, 0.25) is 0 Å². The summed E-state index contributed by atoms with van der Waals surface area (Å²) in [7, 11) is 0. The van der Waals surface area contributed by atoms with Gasteiger partial charge in [0.15, 0.2) is 6.79 Å². The third-order valence-corrected chi connectivity index (χ3v) is 5.08. The number of rotatable bonds is 8. The highest BCUT2D eigenvalue weighted by atomic mass is 16.7. The zero-order valence-corrected chi connectivity index (χ0v) is 17.5. The van der Waals surface area contributed by atoms with Crippen molar-refractivity contribution in [3.63, 3.8) is 0 Å². The molecule has 0 aliphatic rings. The summed E-state index contributed by atoms with van der Waals surface area (Å²) >= 11 is 0. The molecule has 0 atom stereocenters. The number of carbonyl (C=O) groups is 2. The van der Waals surface area contributed by atoms with Crippen molar-refractivity contribution in [1.29, 1.82) is 0 Å². The fourth-order valence-corrected chi connectivity index (χ4v) is 3.50. The normalized spacial score (nSPS) is 10.8. The number of carbonyl (C=O) groups excluding carboxylic acids is 2. The van der Waals surface area contributed by atoms with Crippen LogP contribution in [-0.4, -0.2) is 31.9 Å². The number of hydrogen-bond donors (Lipinski definition) is 0. The van der Waals surface area contributed by atoms with Crippen LogP contribution in [0.1, 0.15) is 15.9 Å². The Balaban J connectivity index is 1.31. The Morgan fingerprint density at radius 1 is 0.719 bits per heavy atom. The molecule has 0 unspecified atom stereocenters. The molecule has 32 heavy (non-hydrogen) atoms. The van der Waals surface area contributed by atoms with Crippen LogP contribution in [0.25, 0.3) is 27.1 Å². The van der Waals surface area contributed by atoms with Crippen molar-refractivity contribution >= 4 is 39.1 Å². The van der Waals surface area contributed by atoms with E-state index in [2.05, 4.69) is 12.6 Å². The molecule has 0 fully saturated rings. The highest BCUT2D eigenvalue weighted by molar-refractivity contribution is 6.16. The Kier molecular flexibility index (Phi) is 6.58. The molecule has 4 rings (SSSR count). The largest absolute Gasteiger partial charge is 0.460 e. The summed E-state index contributed by atoms with van der Waals surface area (Å²) in [6.07, 6.45) is 0. The maximum absolute atomic E-state index is 12.9. The molecule has 5 nitrogen and oxygen atoms in total. The smallest absolute Gasteiger partial charge is 0.340 e. The van der Waals surface area contributed by atoms with Gasteiger partial charge in [-0.25, -0.2) is 9.59 Å². The van der Waals surface area contributed by atoms with Crippen LogP contribution in [0.5, 0.6) is 0 Å². The van der Waals surface area contributed by atoms with E-state index in [1.807, 2.05) is 66.7 Å². The molecule has 4 aromatic carbocycles. The zero-order valence-electron chi connectivity index (χ0n) is 17.5. The first-order valence-corrected chi connectivity index (χ1v) is 10.2. The highest BCUT2D eigenvalue weighted by Gasteiger charge is 2.16. The lowest BCUT2D eigenvalue weighted by atomic mass is 9.97. The number of ether oxygens (including phenoxy) is 3. The molecule has 0 heterocycles. The molecule has 160 valence electrons. The summed E-state index contributed by atoms with van der Waals surface area (Å²) < 4.78 is 15.8. The van der Waals surface area contributed by atoms with Crippen LogP contribution < -0.4 is 0 Å². The third kappa shape index (κ3) is 4.68. The topological polar surface area (TPSA) is 61.8 Å². The van der Waals surface area contributed by atoms with Crippen LogP contribution in [0, 0.1) is 0 Å². The van der Waals surface area contributed by atoms with Crippen molar-refractivity contribution in [1.82, 2.24) is 0 Å². The van der Waals surface area contributed by atoms with E-state index in [1.165, 1.54) is 0 Å². The van der Waals surface area contributed by atoms with Crippen LogP contribution in [0.4, 0.5) is 0 Å². The molecule has 0 N–H and O–H groups in total. The molecule has 4 aromatic rings. The summed E-state index contributed by atoms with van der Waals surface area (Å²) in [5.74, 6) is -0.980. The van der Waals surface area contributed by atoms with Crippen molar-refractivity contribution in [3.05, 3.63) is 103 Å². The highest BCUT2D eigenvalue weighted by Crippen LogP contribution is 2.29. The first-order chi connectivity index (χ1) is 15.6. The standard InChI is InChI=1S/C27H22O5/c1-19(20-9-3-2-4-10-20)26(28)32-18-30-15-16-31-27(29)25-23-13-7-5-11-21(23)17-22-12-6-8-14-24(22)25/h2-14,17H,1,15-16,18H2. The Labute approximate surface area is 185 Å². The van der Waals surface area contributed by atoms with Gasteiger partial charge >= 0.3 is 11.9 Å². The second-order valence-corrected chi connectivity index (χ2v) is 7.13. The van der Waals surface area contributed by atoms with E-state index in [-0.39, 0.29) is 25.6 Å². The van der Waals surface area contributed by atoms with Gasteiger partial charge in [0.05, 0.1) is 17.7 Å². The second-order valence-electron chi connectivity index (χ2n) is 7.13. The van der Waals surface area contributed by atoms with Gasteiger partial charge in [-0.15, -0.1) is 0 Å². The van der Waals surface area contributed by atoms with E-state index in [9.17, 15) is 9.59 Å². The Morgan fingerprint density at radius 2 is 1.31 bits per heavy atom. The summed E-state index contributed by atoms with van der Waals surface area (Å²) in [5.41, 5.74) is 1.47. The van der Waals surface area contributed by atoms with E-state index < -0.39 is 11.9 Å². The van der Waals surface area contributed by atoms with Crippen LogP contribution in [-0.2, 0) is 19.0 Å². The van der Waals surface area contributed by atoms with E-state index in [1.54, 1.807) is 12.1 Å². The fraction of sp³-hybridized carbons (Fsp3) is 0.111. The van der Waals surface area contributed by atoms with Crippen molar-refractivity contribution in [2.45, 2.75) is 0 Å². The first-order valence-electron chi connectivity index (χ1n) is 10.2. The molecular formula is C27H22O5. The van der Waals surface area contributed by atoms with Gasteiger partial charge < -0.3 is 14.2 Å². The number of benzene rings is 4. The molecule has 0 radical (unpaired) electrons. The lowest BCUT2D eigenvalue weighted by molar-refractivity contribution is -0.149. The van der Waals surface area contributed by atoms with E-state index in [0.717, 1.165) is 21.5 Å². The predicted molar refractivity (Wildman–Crippen MR) is 124 cm³/mol. The summed E-state index contributed by atoms with van der Waals surface area (Å²) in [6.45, 7) is 3.63. The number of esters is 2. The quantitative estimate of drug-likeness (QED) is 0.124. The predicted octanol–water partition coefficient (Wildman–Crippen LogP) is 5.38. The van der Waals surface area contributed by atoms with Gasteiger partial charge in [-0.3, -0.25) is 0 Å². The zero-order chi connectivity index (χ0) is 22.3. The van der Waals surface area contributed by atoms with Gasteiger partial charge in [-0.1, -0.05) is 85.4 Å². The van der Waals surface area contributed by atoms with Gasteiger partial charge in [0.2, 0.25) is 0 Å². The van der Waals surface area contributed by atoms with Gasteiger partial charge in [-0.05, 0) is 33.2 Å². The average molecular weight is 426 g/mol. The molecule has 0 saturated heterocycles. The summed E-state index contributed by atoms with van der Waals surface area (Å²) in [5, 5.41) is 3.62. The van der Waals surface area contributed by atoms with Crippen LogP contribution >= 0.6 is 0 Å². The minimum atomic E-state index is -0.560. The van der Waals surface area contributed by atoms with Crippen LogP contribution in [0.3, 0.4) is 0 Å². The molecule has 0 spiro atoms. The minimum absolute atomic E-state index is 0.0353. The van der Waals surface area contributed by atoms with Gasteiger partial charge in [-0.2, -0.15) is 0 Å². The lowest BCUT2D eigenvalue weighted by Gasteiger charge is -2.12. The summed E-state index contributed by atoms with van der Waals surface area (Å²) in [4.78, 5) is 24.9. The third-order valence-electron chi connectivity index (χ3n) is 5.08. The van der Waals surface area contributed by atoms with Crippen molar-refractivity contribution in [2.75, 3.05) is 20.0 Å². The molecule has 0 saturated carbocycles. The van der Waals surface area contributed by atoms with Crippen molar-refractivity contribution < 1.29 is 23.8 Å². The molecule has 0 amide bonds. The monoisotopic (exact) mass is 426 g/mol. The van der Waals surface area contributed by atoms with E-state index in [4.69, 9.17) is 14.2 Å². The molecule has 0 bridgehead atoms. The summed E-state index contributed by atoms with van der Waals surface area (Å²) in [6, 6.07) is 26.5. The Morgan fingerprint density at radius 3 is 1.97 bits per heavy atom. The first kappa shape index (κ1) is 21.3. The lowest BCUT2D eigenvalue weighted by Crippen LogP contribution is -2.15. The Bertz CT molecular complexity index is 1220. The van der Waals surface area contributed by atoms with Crippen molar-refractivity contribution in [3.8, 4) is 0 Å². The van der Waals surface area contributed by atoms with Gasteiger partial charge in [0.25, 0.3) is 0 Å². The molecule has 0 aliphatic carbocycles. The fourth-order valence-electron chi connectivity index (χ4n) is 3.50. The molecule has 0 aromatic heterocycles. The Hall–Kier alpha value is -3.96. The van der Waals surface area contributed by atoms with Crippen molar-refractivity contribution in [2.24, 2.45) is 0 Å². The second kappa shape index (κ2) is 9.90. The molecule has 5 heteroatoms. The molecule has 0 aliphatic heterocycles. The SMILES string of the molecule is C=C(C(=O)OCOCCOC(=O)c1c2ccccc2cc2ccccc12)c1ccccc1. The minimum Gasteiger partial charge on any atom is -0.460 e. The van der Waals surface area contributed by atoms with E-state index in [0.29, 0.717) is 11.1 Å². The van der Waals surface area contributed by atoms with Gasteiger partial charge in [0.1, 0.15) is 6.61 Å². The average Bonchev–Trinajstić information content (AvgIpc) is 2.84. The molecular weight excluding hydrogens is 404 g/mol. The number of hydrogen-bond acceptors (Lipinski definition) is 5. The number of fused-ring (bicyclic) bond motifs is 2. The maximum Gasteiger partial charge on any atom is 0.340 e. The maximum atomic E-state index is 12.9.